The smallest absolute Gasteiger partial charge is 0.257 e. The summed E-state index contributed by atoms with van der Waals surface area (Å²) >= 11 is 0. The van der Waals surface area contributed by atoms with Gasteiger partial charge in [0.2, 0.25) is 0 Å². The second kappa shape index (κ2) is 7.25. The van der Waals surface area contributed by atoms with Gasteiger partial charge in [0.05, 0.1) is 11.3 Å². The first kappa shape index (κ1) is 19.0. The molecule has 24 heavy (non-hydrogen) atoms. The number of allylic oxidation sites excluding steroid dienone is 2. The molecular formula is C15H23ClN4O3S. The van der Waals surface area contributed by atoms with E-state index >= 15 is 0 Å². The normalized spacial score (nSPS) is 26.7. The van der Waals surface area contributed by atoms with Crippen LogP contribution in [0.15, 0.2) is 28.3 Å². The number of amides is 1. The Morgan fingerprint density at radius 1 is 1.42 bits per heavy atom. The fraction of sp³-hybridized carbons (Fsp3) is 0.600. The van der Waals surface area contributed by atoms with Gasteiger partial charge in [0.1, 0.15) is 0 Å². The van der Waals surface area contributed by atoms with Crippen LogP contribution in [-0.4, -0.2) is 61.4 Å². The highest BCUT2D eigenvalue weighted by Crippen LogP contribution is 2.24. The molecule has 1 saturated heterocycles. The van der Waals surface area contributed by atoms with Crippen LogP contribution >= 0.6 is 12.4 Å². The van der Waals surface area contributed by atoms with Gasteiger partial charge >= 0.3 is 0 Å². The summed E-state index contributed by atoms with van der Waals surface area (Å²) in [7, 11) is -3.49. The Balaban J connectivity index is 0.00000208. The van der Waals surface area contributed by atoms with Crippen LogP contribution in [0, 0.1) is 5.92 Å². The molecule has 0 aromatic rings. The SMILES string of the molecule is CC(N)C1CCCN(C(=O)C2=CC=CN3CCS(=O)(=O)N=C23)C1.Cl. The lowest BCUT2D eigenvalue weighted by Crippen LogP contribution is -2.48. The van der Waals surface area contributed by atoms with Gasteiger partial charge < -0.3 is 15.5 Å². The van der Waals surface area contributed by atoms with E-state index < -0.39 is 10.0 Å². The molecule has 7 nitrogen and oxygen atoms in total. The fourth-order valence-electron chi connectivity index (χ4n) is 3.18. The monoisotopic (exact) mass is 374 g/mol. The highest BCUT2D eigenvalue weighted by atomic mass is 35.5. The van der Waals surface area contributed by atoms with Gasteiger partial charge in [-0.3, -0.25) is 4.79 Å². The Morgan fingerprint density at radius 3 is 2.88 bits per heavy atom. The van der Waals surface area contributed by atoms with Gasteiger partial charge in [-0.25, -0.2) is 8.42 Å². The Labute approximate surface area is 148 Å². The van der Waals surface area contributed by atoms with E-state index in [2.05, 4.69) is 4.40 Å². The van der Waals surface area contributed by atoms with Crippen molar-refractivity contribution in [2.75, 3.05) is 25.4 Å². The zero-order valence-electron chi connectivity index (χ0n) is 13.6. The predicted molar refractivity (Wildman–Crippen MR) is 95.4 cm³/mol. The maximum Gasteiger partial charge on any atom is 0.257 e. The number of carbonyl (C=O) groups is 1. The summed E-state index contributed by atoms with van der Waals surface area (Å²) in [6.07, 6.45) is 7.09. The summed E-state index contributed by atoms with van der Waals surface area (Å²) in [5, 5.41) is 0. The van der Waals surface area contributed by atoms with Gasteiger partial charge in [-0.1, -0.05) is 0 Å². The molecule has 0 aliphatic carbocycles. The molecule has 134 valence electrons. The standard InChI is InChI=1S/C15H22N4O3S.ClH/c1-11(16)12-4-2-7-19(10-12)15(20)13-5-3-6-18-8-9-23(21,22)17-14(13)18;/h3,5-6,11-12H,2,4,7-10,16H2,1H3;1H. The van der Waals surface area contributed by atoms with Gasteiger partial charge in [0.15, 0.2) is 5.84 Å². The lowest BCUT2D eigenvalue weighted by Gasteiger charge is -2.36. The number of hydrogen-bond donors (Lipinski definition) is 1. The third kappa shape index (κ3) is 3.81. The van der Waals surface area contributed by atoms with Crippen molar-refractivity contribution in [3.05, 3.63) is 23.9 Å². The summed E-state index contributed by atoms with van der Waals surface area (Å²) < 4.78 is 27.4. The quantitative estimate of drug-likeness (QED) is 0.758. The summed E-state index contributed by atoms with van der Waals surface area (Å²) in [4.78, 5) is 16.4. The molecule has 9 heteroatoms. The molecule has 3 rings (SSSR count). The summed E-state index contributed by atoms with van der Waals surface area (Å²) in [6, 6.07) is 0.0368. The van der Waals surface area contributed by atoms with E-state index in [-0.39, 0.29) is 41.9 Å². The van der Waals surface area contributed by atoms with E-state index in [0.717, 1.165) is 12.8 Å². The van der Waals surface area contributed by atoms with E-state index in [9.17, 15) is 13.2 Å². The van der Waals surface area contributed by atoms with Gasteiger partial charge in [-0.2, -0.15) is 0 Å². The van der Waals surface area contributed by atoms with Crippen LogP contribution in [0.4, 0.5) is 0 Å². The minimum Gasteiger partial charge on any atom is -0.338 e. The lowest BCUT2D eigenvalue weighted by atomic mass is 9.91. The molecule has 1 fully saturated rings. The average Bonchev–Trinajstić information content (AvgIpc) is 2.53. The highest BCUT2D eigenvalue weighted by Gasteiger charge is 2.34. The zero-order chi connectivity index (χ0) is 16.6. The van der Waals surface area contributed by atoms with Crippen molar-refractivity contribution in [2.45, 2.75) is 25.8 Å². The molecule has 0 aromatic carbocycles. The molecule has 0 saturated carbocycles. The van der Waals surface area contributed by atoms with Crippen molar-refractivity contribution in [1.29, 1.82) is 0 Å². The summed E-state index contributed by atoms with van der Waals surface area (Å²) in [6.45, 7) is 3.56. The second-order valence-corrected chi connectivity index (χ2v) is 8.08. The van der Waals surface area contributed by atoms with Crippen LogP contribution < -0.4 is 5.73 Å². The number of nitrogens with two attached hydrogens (primary N) is 1. The first-order chi connectivity index (χ1) is 10.9. The minimum atomic E-state index is -3.49. The summed E-state index contributed by atoms with van der Waals surface area (Å²) in [5.41, 5.74) is 6.32. The Morgan fingerprint density at radius 2 is 2.17 bits per heavy atom. The third-order valence-electron chi connectivity index (χ3n) is 4.58. The molecule has 2 atom stereocenters. The van der Waals surface area contributed by atoms with Crippen LogP contribution in [0.3, 0.4) is 0 Å². The molecule has 0 spiro atoms. The van der Waals surface area contributed by atoms with Crippen molar-refractivity contribution in [1.82, 2.24) is 9.80 Å². The zero-order valence-corrected chi connectivity index (χ0v) is 15.2. The predicted octanol–water partition coefficient (Wildman–Crippen LogP) is 0.492. The Kier molecular flexibility index (Phi) is 5.72. The van der Waals surface area contributed by atoms with Crippen molar-refractivity contribution < 1.29 is 13.2 Å². The van der Waals surface area contributed by atoms with E-state index in [4.69, 9.17) is 5.73 Å². The minimum absolute atomic E-state index is 0. The number of nitrogens with zero attached hydrogens (tertiary/aromatic N) is 3. The van der Waals surface area contributed by atoms with Gasteiger partial charge in [-0.05, 0) is 37.8 Å². The topological polar surface area (TPSA) is 96.1 Å². The number of sulfonamides is 1. The number of piperidine rings is 1. The van der Waals surface area contributed by atoms with E-state index in [1.54, 1.807) is 28.2 Å². The van der Waals surface area contributed by atoms with Crippen LogP contribution in [0.1, 0.15) is 19.8 Å². The van der Waals surface area contributed by atoms with E-state index in [1.807, 2.05) is 6.92 Å². The summed E-state index contributed by atoms with van der Waals surface area (Å²) in [5.74, 6) is 0.325. The Bertz CT molecular complexity index is 700. The lowest BCUT2D eigenvalue weighted by molar-refractivity contribution is -0.128. The van der Waals surface area contributed by atoms with E-state index in [0.29, 0.717) is 25.2 Å². The first-order valence-electron chi connectivity index (χ1n) is 7.90. The van der Waals surface area contributed by atoms with Crippen LogP contribution in [-0.2, 0) is 14.8 Å². The fourth-order valence-corrected chi connectivity index (χ4v) is 4.16. The van der Waals surface area contributed by atoms with Crippen molar-refractivity contribution in [2.24, 2.45) is 16.0 Å². The van der Waals surface area contributed by atoms with Crippen molar-refractivity contribution >= 4 is 34.2 Å². The molecular weight excluding hydrogens is 352 g/mol. The molecule has 2 unspecified atom stereocenters. The maximum atomic E-state index is 12.9. The number of halogens is 1. The van der Waals surface area contributed by atoms with E-state index in [1.165, 1.54) is 0 Å². The molecule has 0 radical (unpaired) electrons. The van der Waals surface area contributed by atoms with Crippen LogP contribution in [0.2, 0.25) is 0 Å². The number of likely N-dealkylation sites (tertiary alicyclic amines) is 1. The number of amidine groups is 1. The molecule has 3 aliphatic heterocycles. The largest absolute Gasteiger partial charge is 0.338 e. The molecule has 2 N–H and O–H groups in total. The maximum absolute atomic E-state index is 12.9. The number of carbonyl (C=O) groups excluding carboxylic acids is 1. The highest BCUT2D eigenvalue weighted by molar-refractivity contribution is 7.90. The van der Waals surface area contributed by atoms with Crippen molar-refractivity contribution in [3.63, 3.8) is 0 Å². The van der Waals surface area contributed by atoms with Crippen molar-refractivity contribution in [3.8, 4) is 0 Å². The van der Waals surface area contributed by atoms with Gasteiger partial charge in [-0.15, -0.1) is 16.8 Å². The number of fused-ring (bicyclic) bond motifs is 1. The first-order valence-corrected chi connectivity index (χ1v) is 9.51. The average molecular weight is 375 g/mol. The Hall–Kier alpha value is -1.38. The number of rotatable bonds is 2. The van der Waals surface area contributed by atoms with Crippen LogP contribution in [0.5, 0.6) is 0 Å². The number of hydrogen-bond acceptors (Lipinski definition) is 5. The molecule has 1 amide bonds. The van der Waals surface area contributed by atoms with Gasteiger partial charge in [0, 0.05) is 31.9 Å². The molecule has 3 aliphatic rings. The molecule has 0 bridgehead atoms. The molecule has 0 aromatic heterocycles. The third-order valence-corrected chi connectivity index (χ3v) is 5.73. The second-order valence-electron chi connectivity index (χ2n) is 6.33. The van der Waals surface area contributed by atoms with Crippen LogP contribution in [0.25, 0.3) is 0 Å². The molecule has 3 heterocycles. The van der Waals surface area contributed by atoms with Gasteiger partial charge in [0.25, 0.3) is 15.9 Å².